The van der Waals surface area contributed by atoms with Crippen molar-refractivity contribution in [2.45, 2.75) is 19.4 Å². The van der Waals surface area contributed by atoms with Gasteiger partial charge in [0, 0.05) is 36.8 Å². The molecule has 0 unspecified atom stereocenters. The standard InChI is InChI=1S/C14H18N4O/c15-13-3-4-16-7-12(13)14-8-17-10-18(14)5-6-19-9-11-1-2-11/h3-4,7-8,10-11H,1-2,5-6,9H2,(H2,15,16). The fourth-order valence-corrected chi connectivity index (χ4v) is 2.04. The van der Waals surface area contributed by atoms with Crippen LogP contribution in [0.5, 0.6) is 0 Å². The van der Waals surface area contributed by atoms with E-state index in [1.165, 1.54) is 12.8 Å². The van der Waals surface area contributed by atoms with Crippen LogP contribution in [0.2, 0.25) is 0 Å². The van der Waals surface area contributed by atoms with Crippen molar-refractivity contribution in [2.75, 3.05) is 18.9 Å². The Bertz CT molecular complexity index is 548. The Labute approximate surface area is 112 Å². The molecule has 0 radical (unpaired) electrons. The molecule has 1 aliphatic carbocycles. The zero-order valence-electron chi connectivity index (χ0n) is 10.8. The molecule has 3 rings (SSSR count). The number of nitrogen functional groups attached to an aromatic ring is 1. The van der Waals surface area contributed by atoms with E-state index < -0.39 is 0 Å². The topological polar surface area (TPSA) is 66.0 Å². The van der Waals surface area contributed by atoms with Gasteiger partial charge in [0.2, 0.25) is 0 Å². The number of aromatic nitrogens is 3. The highest BCUT2D eigenvalue weighted by Crippen LogP contribution is 2.29. The summed E-state index contributed by atoms with van der Waals surface area (Å²) in [6, 6.07) is 1.80. The lowest BCUT2D eigenvalue weighted by molar-refractivity contribution is 0.117. The average Bonchev–Trinajstić information content (AvgIpc) is 3.13. The summed E-state index contributed by atoms with van der Waals surface area (Å²) in [5, 5.41) is 0. The molecule has 2 aromatic heterocycles. The molecule has 0 amide bonds. The molecule has 0 saturated heterocycles. The maximum atomic E-state index is 5.97. The Balaban J connectivity index is 1.65. The Morgan fingerprint density at radius 2 is 2.21 bits per heavy atom. The van der Waals surface area contributed by atoms with Crippen LogP contribution in [0.3, 0.4) is 0 Å². The largest absolute Gasteiger partial charge is 0.398 e. The third kappa shape index (κ3) is 2.93. The summed E-state index contributed by atoms with van der Waals surface area (Å²) in [5.41, 5.74) is 8.59. The molecule has 2 heterocycles. The first-order valence-corrected chi connectivity index (χ1v) is 6.62. The van der Waals surface area contributed by atoms with E-state index >= 15 is 0 Å². The number of nitrogens with zero attached hydrogens (tertiary/aromatic N) is 3. The Hall–Kier alpha value is -1.88. The van der Waals surface area contributed by atoms with Gasteiger partial charge in [0.05, 0.1) is 24.8 Å². The molecular formula is C14H18N4O. The van der Waals surface area contributed by atoms with E-state index in [1.54, 1.807) is 18.5 Å². The molecule has 1 saturated carbocycles. The van der Waals surface area contributed by atoms with Crippen molar-refractivity contribution in [3.63, 3.8) is 0 Å². The number of hydrogen-bond donors (Lipinski definition) is 1. The van der Waals surface area contributed by atoms with Crippen LogP contribution in [-0.2, 0) is 11.3 Å². The van der Waals surface area contributed by atoms with E-state index in [2.05, 4.69) is 14.5 Å². The second kappa shape index (κ2) is 5.40. The van der Waals surface area contributed by atoms with E-state index in [0.717, 1.165) is 36.0 Å². The molecule has 5 nitrogen and oxygen atoms in total. The SMILES string of the molecule is Nc1ccncc1-c1cncn1CCOCC1CC1. The number of anilines is 1. The van der Waals surface area contributed by atoms with Crippen LogP contribution >= 0.6 is 0 Å². The van der Waals surface area contributed by atoms with Crippen LogP contribution in [0, 0.1) is 5.92 Å². The minimum absolute atomic E-state index is 0.708. The third-order valence-electron chi connectivity index (χ3n) is 3.37. The third-order valence-corrected chi connectivity index (χ3v) is 3.37. The van der Waals surface area contributed by atoms with Gasteiger partial charge in [-0.05, 0) is 24.8 Å². The fraction of sp³-hybridized carbons (Fsp3) is 0.429. The summed E-state index contributed by atoms with van der Waals surface area (Å²) in [7, 11) is 0. The molecule has 1 aliphatic rings. The van der Waals surface area contributed by atoms with Gasteiger partial charge in [0.15, 0.2) is 0 Å². The number of rotatable bonds is 6. The van der Waals surface area contributed by atoms with Gasteiger partial charge in [-0.3, -0.25) is 4.98 Å². The van der Waals surface area contributed by atoms with Crippen molar-refractivity contribution in [2.24, 2.45) is 5.92 Å². The molecule has 0 spiro atoms. The van der Waals surface area contributed by atoms with Gasteiger partial charge in [-0.2, -0.15) is 0 Å². The fourth-order valence-electron chi connectivity index (χ4n) is 2.04. The van der Waals surface area contributed by atoms with Crippen molar-refractivity contribution in [1.82, 2.24) is 14.5 Å². The maximum Gasteiger partial charge on any atom is 0.0951 e. The van der Waals surface area contributed by atoms with Gasteiger partial charge in [-0.25, -0.2) is 4.98 Å². The van der Waals surface area contributed by atoms with E-state index in [4.69, 9.17) is 10.5 Å². The molecular weight excluding hydrogens is 240 g/mol. The summed E-state index contributed by atoms with van der Waals surface area (Å²) in [4.78, 5) is 8.31. The number of nitrogens with two attached hydrogens (primary N) is 1. The van der Waals surface area contributed by atoms with Gasteiger partial charge in [-0.15, -0.1) is 0 Å². The Morgan fingerprint density at radius 1 is 1.32 bits per heavy atom. The predicted molar refractivity (Wildman–Crippen MR) is 73.4 cm³/mol. The van der Waals surface area contributed by atoms with Crippen LogP contribution in [0.4, 0.5) is 5.69 Å². The van der Waals surface area contributed by atoms with Gasteiger partial charge in [-0.1, -0.05) is 0 Å². The summed E-state index contributed by atoms with van der Waals surface area (Å²) in [6.07, 6.45) is 9.73. The molecule has 0 bridgehead atoms. The normalized spacial score (nSPS) is 14.7. The van der Waals surface area contributed by atoms with Crippen LogP contribution in [0.1, 0.15) is 12.8 Å². The molecule has 2 N–H and O–H groups in total. The zero-order valence-corrected chi connectivity index (χ0v) is 10.8. The van der Waals surface area contributed by atoms with Gasteiger partial charge in [0.1, 0.15) is 0 Å². The highest BCUT2D eigenvalue weighted by molar-refractivity contribution is 5.72. The van der Waals surface area contributed by atoms with Crippen LogP contribution in [0.25, 0.3) is 11.3 Å². The number of pyridine rings is 1. The minimum atomic E-state index is 0.708. The number of hydrogen-bond acceptors (Lipinski definition) is 4. The number of ether oxygens (including phenoxy) is 1. The predicted octanol–water partition coefficient (Wildman–Crippen LogP) is 1.95. The van der Waals surface area contributed by atoms with E-state index in [9.17, 15) is 0 Å². The highest BCUT2D eigenvalue weighted by Gasteiger charge is 2.21. The van der Waals surface area contributed by atoms with Crippen molar-refractivity contribution in [3.05, 3.63) is 31.0 Å². The lowest BCUT2D eigenvalue weighted by atomic mass is 10.2. The summed E-state index contributed by atoms with van der Waals surface area (Å²) < 4.78 is 7.71. The van der Waals surface area contributed by atoms with Crippen molar-refractivity contribution < 1.29 is 4.74 Å². The molecule has 2 aromatic rings. The highest BCUT2D eigenvalue weighted by atomic mass is 16.5. The Morgan fingerprint density at radius 3 is 3.00 bits per heavy atom. The van der Waals surface area contributed by atoms with Crippen molar-refractivity contribution in [1.29, 1.82) is 0 Å². The lowest BCUT2D eigenvalue weighted by Crippen LogP contribution is -2.08. The summed E-state index contributed by atoms with van der Waals surface area (Å²) in [6.45, 7) is 2.38. The van der Waals surface area contributed by atoms with Crippen LogP contribution < -0.4 is 5.73 Å². The first-order valence-electron chi connectivity index (χ1n) is 6.62. The van der Waals surface area contributed by atoms with E-state index in [0.29, 0.717) is 6.61 Å². The van der Waals surface area contributed by atoms with Crippen LogP contribution in [0.15, 0.2) is 31.0 Å². The summed E-state index contributed by atoms with van der Waals surface area (Å²) >= 11 is 0. The molecule has 0 aromatic carbocycles. The molecule has 100 valence electrons. The lowest BCUT2D eigenvalue weighted by Gasteiger charge is -2.10. The van der Waals surface area contributed by atoms with E-state index in [-0.39, 0.29) is 0 Å². The molecule has 1 fully saturated rings. The van der Waals surface area contributed by atoms with Gasteiger partial charge in [0.25, 0.3) is 0 Å². The smallest absolute Gasteiger partial charge is 0.0951 e. The quantitative estimate of drug-likeness (QED) is 0.804. The van der Waals surface area contributed by atoms with E-state index in [1.807, 2.05) is 12.5 Å². The average molecular weight is 258 g/mol. The van der Waals surface area contributed by atoms with Crippen molar-refractivity contribution in [3.8, 4) is 11.3 Å². The maximum absolute atomic E-state index is 5.97. The van der Waals surface area contributed by atoms with Gasteiger partial charge >= 0.3 is 0 Å². The van der Waals surface area contributed by atoms with Gasteiger partial charge < -0.3 is 15.0 Å². The monoisotopic (exact) mass is 258 g/mol. The number of imidazole rings is 1. The summed E-state index contributed by atoms with van der Waals surface area (Å²) in [5.74, 6) is 0.802. The molecule has 5 heteroatoms. The van der Waals surface area contributed by atoms with Crippen molar-refractivity contribution >= 4 is 5.69 Å². The first kappa shape index (κ1) is 12.2. The molecule has 0 atom stereocenters. The first-order chi connectivity index (χ1) is 9.34. The Kier molecular flexibility index (Phi) is 3.46. The van der Waals surface area contributed by atoms with Crippen LogP contribution in [-0.4, -0.2) is 27.7 Å². The second-order valence-electron chi connectivity index (χ2n) is 4.95. The second-order valence-corrected chi connectivity index (χ2v) is 4.95. The minimum Gasteiger partial charge on any atom is -0.398 e. The zero-order chi connectivity index (χ0) is 13.1. The molecule has 0 aliphatic heterocycles. The molecule has 19 heavy (non-hydrogen) atoms.